The van der Waals surface area contributed by atoms with E-state index < -0.39 is 11.5 Å². The largest absolute Gasteiger partial charge is 0.481 e. The molecule has 1 saturated heterocycles. The first kappa shape index (κ1) is 14.0. The average Bonchev–Trinajstić information content (AvgIpc) is 2.65. The van der Waals surface area contributed by atoms with Crippen molar-refractivity contribution in [1.82, 2.24) is 10.2 Å². The molecule has 98 valence electrons. The molecule has 0 aromatic rings. The van der Waals surface area contributed by atoms with E-state index in [1.807, 2.05) is 20.8 Å². The van der Waals surface area contributed by atoms with Crippen LogP contribution in [0.25, 0.3) is 0 Å². The van der Waals surface area contributed by atoms with Crippen molar-refractivity contribution >= 4 is 11.9 Å². The van der Waals surface area contributed by atoms with E-state index in [0.29, 0.717) is 0 Å². The maximum absolute atomic E-state index is 12.4. The molecule has 5 heteroatoms. The fraction of sp³-hybridized carbons (Fsp3) is 0.833. The number of nitrogens with one attached hydrogen (secondary N) is 1. The highest BCUT2D eigenvalue weighted by molar-refractivity contribution is 5.86. The number of hydrogen-bond donors (Lipinski definition) is 2. The van der Waals surface area contributed by atoms with Gasteiger partial charge in [-0.1, -0.05) is 0 Å². The van der Waals surface area contributed by atoms with E-state index in [1.165, 1.54) is 0 Å². The molecule has 1 fully saturated rings. The van der Waals surface area contributed by atoms with Crippen LogP contribution in [0.5, 0.6) is 0 Å². The van der Waals surface area contributed by atoms with Crippen LogP contribution < -0.4 is 5.32 Å². The van der Waals surface area contributed by atoms with Gasteiger partial charge < -0.3 is 15.3 Å². The summed E-state index contributed by atoms with van der Waals surface area (Å²) in [5.74, 6) is -0.848. The number of rotatable bonds is 5. The summed E-state index contributed by atoms with van der Waals surface area (Å²) in [6.07, 6.45) is 1.81. The lowest BCUT2D eigenvalue weighted by Crippen LogP contribution is -2.55. The third-order valence-electron chi connectivity index (χ3n) is 3.29. The molecule has 0 aliphatic carbocycles. The molecule has 17 heavy (non-hydrogen) atoms. The van der Waals surface area contributed by atoms with E-state index in [0.717, 1.165) is 19.4 Å². The zero-order valence-corrected chi connectivity index (χ0v) is 10.8. The number of carboxylic acids is 1. The fourth-order valence-corrected chi connectivity index (χ4v) is 2.20. The summed E-state index contributed by atoms with van der Waals surface area (Å²) in [5, 5.41) is 11.9. The van der Waals surface area contributed by atoms with Gasteiger partial charge in [0.15, 0.2) is 0 Å². The molecular weight excluding hydrogens is 220 g/mol. The Balaban J connectivity index is 2.69. The number of amides is 1. The summed E-state index contributed by atoms with van der Waals surface area (Å²) in [7, 11) is 0. The molecule has 0 bridgehead atoms. The van der Waals surface area contributed by atoms with Gasteiger partial charge in [-0.25, -0.2) is 0 Å². The molecule has 0 spiro atoms. The van der Waals surface area contributed by atoms with Crippen molar-refractivity contribution in [2.45, 2.75) is 51.6 Å². The predicted octanol–water partition coefficient (Wildman–Crippen LogP) is 0.840. The molecule has 1 atom stereocenters. The van der Waals surface area contributed by atoms with Gasteiger partial charge in [0.2, 0.25) is 5.91 Å². The molecule has 1 heterocycles. The second-order valence-corrected chi connectivity index (χ2v) is 5.10. The van der Waals surface area contributed by atoms with Crippen LogP contribution >= 0.6 is 0 Å². The first-order valence-electron chi connectivity index (χ1n) is 6.15. The molecular formula is C12H22N2O3. The summed E-state index contributed by atoms with van der Waals surface area (Å²) >= 11 is 0. The van der Waals surface area contributed by atoms with Crippen molar-refractivity contribution in [3.8, 4) is 0 Å². The molecule has 1 aliphatic rings. The maximum Gasteiger partial charge on any atom is 0.305 e. The highest BCUT2D eigenvalue weighted by atomic mass is 16.4. The summed E-state index contributed by atoms with van der Waals surface area (Å²) in [4.78, 5) is 24.6. The standard InChI is InChI=1S/C12H22N2O3/c1-9(2)14(8-5-10(15)16)11(17)12(3)6-4-7-13-12/h9,13H,4-8H2,1-3H3,(H,15,16). The Kier molecular flexibility index (Phi) is 4.51. The van der Waals surface area contributed by atoms with Crippen molar-refractivity contribution in [1.29, 1.82) is 0 Å². The van der Waals surface area contributed by atoms with Crippen molar-refractivity contribution in [3.05, 3.63) is 0 Å². The van der Waals surface area contributed by atoms with Gasteiger partial charge in [0.1, 0.15) is 0 Å². The Labute approximate surface area is 102 Å². The Morgan fingerprint density at radius 1 is 1.47 bits per heavy atom. The average molecular weight is 242 g/mol. The molecule has 1 unspecified atom stereocenters. The van der Waals surface area contributed by atoms with Crippen LogP contribution in [-0.2, 0) is 9.59 Å². The highest BCUT2D eigenvalue weighted by Gasteiger charge is 2.39. The lowest BCUT2D eigenvalue weighted by atomic mass is 9.97. The molecule has 0 aromatic carbocycles. The molecule has 1 rings (SSSR count). The normalized spacial score (nSPS) is 24.0. The van der Waals surface area contributed by atoms with Crippen LogP contribution in [0.15, 0.2) is 0 Å². The SMILES string of the molecule is CC(C)N(CCC(=O)O)C(=O)C1(C)CCCN1. The van der Waals surface area contributed by atoms with Crippen LogP contribution in [0, 0.1) is 0 Å². The number of carbonyl (C=O) groups excluding carboxylic acids is 1. The Hall–Kier alpha value is -1.10. The van der Waals surface area contributed by atoms with Gasteiger partial charge in [-0.3, -0.25) is 9.59 Å². The number of carboxylic acid groups (broad SMARTS) is 1. The zero-order valence-electron chi connectivity index (χ0n) is 10.8. The number of aliphatic carboxylic acids is 1. The summed E-state index contributed by atoms with van der Waals surface area (Å²) in [6.45, 7) is 6.87. The van der Waals surface area contributed by atoms with E-state index in [9.17, 15) is 9.59 Å². The Bertz CT molecular complexity index is 296. The number of nitrogens with zero attached hydrogens (tertiary/aromatic N) is 1. The second kappa shape index (κ2) is 5.49. The van der Waals surface area contributed by atoms with Crippen LogP contribution in [0.1, 0.15) is 40.0 Å². The molecule has 2 N–H and O–H groups in total. The monoisotopic (exact) mass is 242 g/mol. The number of hydrogen-bond acceptors (Lipinski definition) is 3. The summed E-state index contributed by atoms with van der Waals surface area (Å²) < 4.78 is 0. The van der Waals surface area contributed by atoms with Crippen molar-refractivity contribution in [2.75, 3.05) is 13.1 Å². The van der Waals surface area contributed by atoms with Gasteiger partial charge in [-0.2, -0.15) is 0 Å². The molecule has 0 aromatic heterocycles. The van der Waals surface area contributed by atoms with Gasteiger partial charge in [-0.15, -0.1) is 0 Å². The Morgan fingerprint density at radius 3 is 2.53 bits per heavy atom. The number of carbonyl (C=O) groups is 2. The van der Waals surface area contributed by atoms with Gasteiger partial charge >= 0.3 is 5.97 Å². The topological polar surface area (TPSA) is 69.6 Å². The van der Waals surface area contributed by atoms with E-state index in [2.05, 4.69) is 5.32 Å². The van der Waals surface area contributed by atoms with Gasteiger partial charge in [0, 0.05) is 12.6 Å². The van der Waals surface area contributed by atoms with Crippen molar-refractivity contribution in [3.63, 3.8) is 0 Å². The van der Waals surface area contributed by atoms with Crippen LogP contribution in [0.2, 0.25) is 0 Å². The molecule has 5 nitrogen and oxygen atoms in total. The minimum absolute atomic E-state index is 0. The fourth-order valence-electron chi connectivity index (χ4n) is 2.20. The van der Waals surface area contributed by atoms with E-state index in [-0.39, 0.29) is 24.9 Å². The van der Waals surface area contributed by atoms with Crippen molar-refractivity contribution in [2.24, 2.45) is 0 Å². The predicted molar refractivity (Wildman–Crippen MR) is 64.7 cm³/mol. The van der Waals surface area contributed by atoms with Crippen LogP contribution in [0.4, 0.5) is 0 Å². The third-order valence-corrected chi connectivity index (χ3v) is 3.29. The summed E-state index contributed by atoms with van der Waals surface area (Å²) in [6, 6.07) is 0.0288. The van der Waals surface area contributed by atoms with E-state index in [1.54, 1.807) is 4.90 Å². The van der Waals surface area contributed by atoms with Gasteiger partial charge in [-0.05, 0) is 40.2 Å². The van der Waals surface area contributed by atoms with Gasteiger partial charge in [0.25, 0.3) is 0 Å². The lowest BCUT2D eigenvalue weighted by molar-refractivity contribution is -0.141. The van der Waals surface area contributed by atoms with Gasteiger partial charge in [0.05, 0.1) is 12.0 Å². The second-order valence-electron chi connectivity index (χ2n) is 5.10. The third kappa shape index (κ3) is 3.43. The zero-order chi connectivity index (χ0) is 13.1. The first-order valence-corrected chi connectivity index (χ1v) is 6.15. The maximum atomic E-state index is 12.4. The highest BCUT2D eigenvalue weighted by Crippen LogP contribution is 2.22. The first-order chi connectivity index (χ1) is 7.87. The van der Waals surface area contributed by atoms with E-state index >= 15 is 0 Å². The quantitative estimate of drug-likeness (QED) is 0.749. The van der Waals surface area contributed by atoms with Crippen LogP contribution in [-0.4, -0.2) is 46.6 Å². The Morgan fingerprint density at radius 2 is 2.12 bits per heavy atom. The summed E-state index contributed by atoms with van der Waals surface area (Å²) in [5.41, 5.74) is -0.511. The smallest absolute Gasteiger partial charge is 0.305 e. The minimum atomic E-state index is -0.868. The molecule has 0 radical (unpaired) electrons. The minimum Gasteiger partial charge on any atom is -0.481 e. The van der Waals surface area contributed by atoms with E-state index in [4.69, 9.17) is 5.11 Å². The van der Waals surface area contributed by atoms with Crippen LogP contribution in [0.3, 0.4) is 0 Å². The molecule has 1 aliphatic heterocycles. The lowest BCUT2D eigenvalue weighted by Gasteiger charge is -2.34. The molecule has 0 saturated carbocycles. The molecule has 1 amide bonds. The van der Waals surface area contributed by atoms with Crippen molar-refractivity contribution < 1.29 is 14.7 Å².